The van der Waals surface area contributed by atoms with Gasteiger partial charge in [0, 0.05) is 56.7 Å². The van der Waals surface area contributed by atoms with Crippen LogP contribution in [0, 0.1) is 17.8 Å². The van der Waals surface area contributed by atoms with E-state index in [-0.39, 0.29) is 61.3 Å². The van der Waals surface area contributed by atoms with Crippen molar-refractivity contribution in [2.45, 2.75) is 113 Å². The van der Waals surface area contributed by atoms with Gasteiger partial charge in [-0.25, -0.2) is 8.42 Å². The molecule has 7 unspecified atom stereocenters. The Morgan fingerprint density at radius 2 is 1.78 bits per heavy atom. The molecule has 60 heavy (non-hydrogen) atoms. The number of nitrogens with zero attached hydrogens (tertiary/aromatic N) is 2. The van der Waals surface area contributed by atoms with E-state index in [0.29, 0.717) is 61.8 Å². The molecule has 2 aromatic rings. The van der Waals surface area contributed by atoms with E-state index in [1.165, 1.54) is 23.4 Å². The Bertz CT molecular complexity index is 1950. The third kappa shape index (κ3) is 10.0. The number of anilines is 1. The Labute approximate surface area is 355 Å². The van der Waals surface area contributed by atoms with Crippen LogP contribution in [0.3, 0.4) is 0 Å². The average molecular weight is 850 g/mol. The van der Waals surface area contributed by atoms with Crippen LogP contribution in [0.1, 0.15) is 96.0 Å². The van der Waals surface area contributed by atoms with Gasteiger partial charge in [0.05, 0.1) is 35.8 Å². The molecule has 3 N–H and O–H groups in total. The number of carbonyl (C=O) groups excluding carboxylic acids is 1. The second-order valence-electron chi connectivity index (χ2n) is 16.1. The number of benzene rings is 2. The number of hydrogen-bond acceptors (Lipinski definition) is 11. The Hall–Kier alpha value is -4.05. The minimum absolute atomic E-state index is 0.00755. The number of ether oxygens (including phenoxy) is 4. The highest BCUT2D eigenvalue weighted by Gasteiger charge is 2.66. The number of nitrogens with one attached hydrogen (secondary N) is 1. The van der Waals surface area contributed by atoms with E-state index in [2.05, 4.69) is 24.6 Å². The number of hydrogen-bond donors (Lipinski definition) is 3. The Morgan fingerprint density at radius 3 is 2.45 bits per heavy atom. The molecule has 4 aliphatic rings. The first-order chi connectivity index (χ1) is 29.1. The normalized spacial score (nSPS) is 26.6. The highest BCUT2D eigenvalue weighted by Crippen LogP contribution is 2.62. The standard InChI is InChI=1S/C46H63N3O10S/c1-5-23-49(60(53,54)36-20-17-34(18-21-36)47-32(4)52)42-31-40(48-59-43-16-10-13-28-56-43)38-29-33(14-8-11-24-50)37(15-9-12-25-51)44-39-30-35(55-26-6-2)19-22-41(39)58-46(42,45(38)44)57-27-7-3/h6-7,17-22,29-30,33,37,42-45,50-51H,2-3,5,8-16,23-28,31H2,1,4H3,(H,47,52). The first kappa shape index (κ1) is 45.5. The fourth-order valence-corrected chi connectivity index (χ4v) is 11.2. The van der Waals surface area contributed by atoms with Crippen LogP contribution in [0.5, 0.6) is 11.5 Å². The summed E-state index contributed by atoms with van der Waals surface area (Å²) in [6.45, 7) is 12.4. The van der Waals surface area contributed by atoms with Gasteiger partial charge in [-0.2, -0.15) is 4.31 Å². The molecular weight excluding hydrogens is 787 g/mol. The summed E-state index contributed by atoms with van der Waals surface area (Å²) < 4.78 is 58.2. The monoisotopic (exact) mass is 849 g/mol. The number of sulfonamides is 1. The molecule has 328 valence electrons. The third-order valence-electron chi connectivity index (χ3n) is 12.0. The maximum atomic E-state index is 15.2. The smallest absolute Gasteiger partial charge is 0.243 e. The number of aliphatic hydroxyl groups excluding tert-OH is 2. The van der Waals surface area contributed by atoms with Crippen molar-refractivity contribution in [3.05, 3.63) is 85.0 Å². The second kappa shape index (κ2) is 21.2. The maximum absolute atomic E-state index is 15.2. The summed E-state index contributed by atoms with van der Waals surface area (Å²) in [5.41, 5.74) is 2.88. The number of carbonyl (C=O) groups is 1. The van der Waals surface area contributed by atoms with E-state index in [1.807, 2.05) is 25.1 Å². The predicted molar refractivity (Wildman–Crippen MR) is 230 cm³/mol. The van der Waals surface area contributed by atoms with Crippen LogP contribution in [0.25, 0.3) is 0 Å². The van der Waals surface area contributed by atoms with Gasteiger partial charge in [0.1, 0.15) is 18.1 Å². The largest absolute Gasteiger partial charge is 0.490 e. The van der Waals surface area contributed by atoms with Gasteiger partial charge in [-0.3, -0.25) is 4.79 Å². The lowest BCUT2D eigenvalue weighted by atomic mass is 9.55. The van der Waals surface area contributed by atoms with Crippen LogP contribution < -0.4 is 14.8 Å². The molecule has 2 aliphatic carbocycles. The minimum atomic E-state index is -4.24. The zero-order valence-electron chi connectivity index (χ0n) is 35.1. The summed E-state index contributed by atoms with van der Waals surface area (Å²) in [6, 6.07) is 11.0. The van der Waals surface area contributed by atoms with Gasteiger partial charge in [-0.1, -0.05) is 49.7 Å². The Morgan fingerprint density at radius 1 is 1.03 bits per heavy atom. The van der Waals surface area contributed by atoms with E-state index in [0.717, 1.165) is 49.7 Å². The molecule has 0 aromatic heterocycles. The summed E-state index contributed by atoms with van der Waals surface area (Å²) in [7, 11) is -4.24. The average Bonchev–Trinajstić information content (AvgIpc) is 3.25. The zero-order chi connectivity index (χ0) is 42.7. The number of unbranched alkanes of at least 4 members (excludes halogenated alkanes) is 2. The number of aliphatic hydroxyl groups is 2. The molecule has 7 atom stereocenters. The topological polar surface area (TPSA) is 165 Å². The Balaban J connectivity index is 1.60. The van der Waals surface area contributed by atoms with Crippen LogP contribution in [-0.2, 0) is 29.1 Å². The van der Waals surface area contributed by atoms with Crippen molar-refractivity contribution in [3.8, 4) is 11.5 Å². The number of fused-ring (bicyclic) bond motifs is 2. The quantitative estimate of drug-likeness (QED) is 0.0615. The van der Waals surface area contributed by atoms with Crippen molar-refractivity contribution >= 4 is 27.3 Å². The van der Waals surface area contributed by atoms with Crippen LogP contribution >= 0.6 is 0 Å². The molecular formula is C46H63N3O10S. The molecule has 6 rings (SSSR count). The summed E-state index contributed by atoms with van der Waals surface area (Å²) in [4.78, 5) is 18.1. The van der Waals surface area contributed by atoms with Gasteiger partial charge < -0.3 is 39.3 Å². The molecule has 14 heteroatoms. The van der Waals surface area contributed by atoms with Crippen molar-refractivity contribution in [1.82, 2.24) is 4.31 Å². The van der Waals surface area contributed by atoms with Gasteiger partial charge >= 0.3 is 0 Å². The highest BCUT2D eigenvalue weighted by atomic mass is 32.2. The van der Waals surface area contributed by atoms with Crippen molar-refractivity contribution in [3.63, 3.8) is 0 Å². The van der Waals surface area contributed by atoms with Crippen molar-refractivity contribution in [1.29, 1.82) is 0 Å². The van der Waals surface area contributed by atoms with E-state index < -0.39 is 34.1 Å². The van der Waals surface area contributed by atoms with Gasteiger partial charge in [0.2, 0.25) is 28.0 Å². The highest BCUT2D eigenvalue weighted by molar-refractivity contribution is 7.89. The van der Waals surface area contributed by atoms with Gasteiger partial charge in [-0.05, 0) is 105 Å². The molecule has 0 radical (unpaired) electrons. The minimum Gasteiger partial charge on any atom is -0.490 e. The molecule has 1 saturated heterocycles. The number of allylic oxidation sites excluding steroid dienone is 1. The Kier molecular flexibility index (Phi) is 16.0. The first-order valence-electron chi connectivity index (χ1n) is 21.6. The fourth-order valence-electron chi connectivity index (χ4n) is 9.50. The SMILES string of the molecule is C=CCOc1ccc2c(c1)C1C(CCCCO)C(CCCCO)C=C3C(=NOC4CCCCO4)CC(N(CCC)S(=O)(=O)c4ccc(NC(C)=O)cc4)C(OCC=C)(O2)C31. The summed E-state index contributed by atoms with van der Waals surface area (Å²) in [5, 5.41) is 27.4. The summed E-state index contributed by atoms with van der Waals surface area (Å²) in [5.74, 6) is -1.41. The molecule has 2 heterocycles. The molecule has 2 aliphatic heterocycles. The molecule has 2 aromatic carbocycles. The molecule has 1 amide bonds. The van der Waals surface area contributed by atoms with E-state index in [1.54, 1.807) is 24.3 Å². The van der Waals surface area contributed by atoms with E-state index in [9.17, 15) is 15.0 Å². The van der Waals surface area contributed by atoms with E-state index >= 15 is 8.42 Å². The molecule has 2 fully saturated rings. The zero-order valence-corrected chi connectivity index (χ0v) is 36.0. The van der Waals surface area contributed by atoms with E-state index in [4.69, 9.17) is 28.9 Å². The molecule has 0 spiro atoms. The predicted octanol–water partition coefficient (Wildman–Crippen LogP) is 7.47. The van der Waals surface area contributed by atoms with Crippen LogP contribution in [0.15, 0.2) is 89.5 Å². The van der Waals surface area contributed by atoms with Crippen molar-refractivity contribution in [2.24, 2.45) is 22.9 Å². The van der Waals surface area contributed by atoms with Crippen molar-refractivity contribution < 1.29 is 47.2 Å². The summed E-state index contributed by atoms with van der Waals surface area (Å²) >= 11 is 0. The number of amides is 1. The molecule has 13 nitrogen and oxygen atoms in total. The lowest BCUT2D eigenvalue weighted by Crippen LogP contribution is -2.70. The maximum Gasteiger partial charge on any atom is 0.243 e. The lowest BCUT2D eigenvalue weighted by Gasteiger charge is -2.59. The van der Waals surface area contributed by atoms with Crippen LogP contribution in [0.4, 0.5) is 5.69 Å². The van der Waals surface area contributed by atoms with Gasteiger partial charge in [0.25, 0.3) is 0 Å². The third-order valence-corrected chi connectivity index (χ3v) is 13.9. The van der Waals surface area contributed by atoms with Crippen LogP contribution in [0.2, 0.25) is 0 Å². The molecule has 1 saturated carbocycles. The molecule has 0 bridgehead atoms. The van der Waals surface area contributed by atoms with Gasteiger partial charge in [0.15, 0.2) is 0 Å². The van der Waals surface area contributed by atoms with Crippen LogP contribution in [-0.4, -0.2) is 92.3 Å². The lowest BCUT2D eigenvalue weighted by molar-refractivity contribution is -0.251. The number of rotatable bonds is 22. The van der Waals surface area contributed by atoms with Gasteiger partial charge in [-0.15, -0.1) is 6.58 Å². The fraction of sp³-hybridized carbons (Fsp3) is 0.565. The number of oxime groups is 1. The first-order valence-corrected chi connectivity index (χ1v) is 23.0. The summed E-state index contributed by atoms with van der Waals surface area (Å²) in [6.07, 6.45) is 12.7. The van der Waals surface area contributed by atoms with Crippen molar-refractivity contribution in [2.75, 3.05) is 44.9 Å². The second-order valence-corrected chi connectivity index (χ2v) is 18.0.